The molecule has 5 nitrogen and oxygen atoms in total. The van der Waals surface area contributed by atoms with Crippen LogP contribution in [0, 0.1) is 0 Å². The lowest BCUT2D eigenvalue weighted by Crippen LogP contribution is -2.39. The Morgan fingerprint density at radius 2 is 1.93 bits per heavy atom. The van der Waals surface area contributed by atoms with Crippen molar-refractivity contribution >= 4 is 44.4 Å². The standard InChI is InChI=1S/C22H25N3O2S2/c1-28-18-9-7-17(8-10-18)21(26)25(12-4-11-24-13-15-27-16-14-24)22-23-19-5-2-3-6-20(19)29-22/h2-3,5-10H,4,11-16H2,1H3. The molecule has 2 aromatic carbocycles. The van der Waals surface area contributed by atoms with Crippen LogP contribution < -0.4 is 4.90 Å². The third-order valence-electron chi connectivity index (χ3n) is 5.06. The van der Waals surface area contributed by atoms with Crippen LogP contribution >= 0.6 is 23.1 Å². The lowest BCUT2D eigenvalue weighted by atomic mass is 10.2. The summed E-state index contributed by atoms with van der Waals surface area (Å²) in [6.07, 6.45) is 2.94. The van der Waals surface area contributed by atoms with Crippen LogP contribution in [-0.2, 0) is 4.74 Å². The Hall–Kier alpha value is -1.93. The molecule has 152 valence electrons. The molecule has 1 saturated heterocycles. The molecule has 7 heteroatoms. The number of ether oxygens (including phenoxy) is 1. The number of hydrogen-bond acceptors (Lipinski definition) is 6. The molecular weight excluding hydrogens is 402 g/mol. The molecular formula is C22H25N3O2S2. The number of fused-ring (bicyclic) bond motifs is 1. The van der Waals surface area contributed by atoms with Gasteiger partial charge in [0, 0.05) is 36.6 Å². The number of morpholine rings is 1. The van der Waals surface area contributed by atoms with E-state index in [4.69, 9.17) is 9.72 Å². The number of anilines is 1. The summed E-state index contributed by atoms with van der Waals surface area (Å²) in [6, 6.07) is 15.9. The molecule has 0 atom stereocenters. The van der Waals surface area contributed by atoms with Gasteiger partial charge in [0.15, 0.2) is 5.13 Å². The van der Waals surface area contributed by atoms with Gasteiger partial charge < -0.3 is 4.74 Å². The van der Waals surface area contributed by atoms with Gasteiger partial charge in [-0.3, -0.25) is 14.6 Å². The van der Waals surface area contributed by atoms with Gasteiger partial charge >= 0.3 is 0 Å². The molecule has 2 heterocycles. The summed E-state index contributed by atoms with van der Waals surface area (Å²) in [5, 5.41) is 0.770. The van der Waals surface area contributed by atoms with E-state index in [1.54, 1.807) is 23.1 Å². The second-order valence-electron chi connectivity index (χ2n) is 6.96. The number of benzene rings is 2. The molecule has 3 aromatic rings. The third-order valence-corrected chi connectivity index (χ3v) is 6.86. The van der Waals surface area contributed by atoms with Crippen LogP contribution in [-0.4, -0.2) is 61.4 Å². The fourth-order valence-corrected chi connectivity index (χ4v) is 4.82. The summed E-state index contributed by atoms with van der Waals surface area (Å²) in [5.74, 6) is 0.0127. The predicted octanol–water partition coefficient (Wildman–Crippen LogP) is 4.39. The van der Waals surface area contributed by atoms with Crippen LogP contribution in [0.15, 0.2) is 53.4 Å². The second kappa shape index (κ2) is 9.71. The van der Waals surface area contributed by atoms with Gasteiger partial charge in [0.05, 0.1) is 23.4 Å². The van der Waals surface area contributed by atoms with Crippen molar-refractivity contribution in [3.05, 3.63) is 54.1 Å². The van der Waals surface area contributed by atoms with Crippen molar-refractivity contribution in [2.75, 3.05) is 50.5 Å². The van der Waals surface area contributed by atoms with Crippen LogP contribution in [0.4, 0.5) is 5.13 Å². The molecule has 0 saturated carbocycles. The predicted molar refractivity (Wildman–Crippen MR) is 121 cm³/mol. The van der Waals surface area contributed by atoms with E-state index in [1.165, 1.54) is 0 Å². The summed E-state index contributed by atoms with van der Waals surface area (Å²) in [5.41, 5.74) is 1.64. The SMILES string of the molecule is CSc1ccc(C(=O)N(CCCN2CCOCC2)c2nc3ccccc3s2)cc1. The van der Waals surface area contributed by atoms with Crippen molar-refractivity contribution in [1.29, 1.82) is 0 Å². The average molecular weight is 428 g/mol. The topological polar surface area (TPSA) is 45.7 Å². The summed E-state index contributed by atoms with van der Waals surface area (Å²) < 4.78 is 6.53. The minimum Gasteiger partial charge on any atom is -0.379 e. The fourth-order valence-electron chi connectivity index (χ4n) is 3.43. The first-order valence-electron chi connectivity index (χ1n) is 9.86. The van der Waals surface area contributed by atoms with Gasteiger partial charge in [-0.25, -0.2) is 4.98 Å². The molecule has 0 unspecified atom stereocenters. The highest BCUT2D eigenvalue weighted by Gasteiger charge is 2.21. The zero-order valence-electron chi connectivity index (χ0n) is 16.5. The quantitative estimate of drug-likeness (QED) is 0.524. The number of nitrogens with zero attached hydrogens (tertiary/aromatic N) is 3. The molecule has 0 bridgehead atoms. The lowest BCUT2D eigenvalue weighted by molar-refractivity contribution is 0.0376. The summed E-state index contributed by atoms with van der Waals surface area (Å²) in [4.78, 5) is 23.5. The van der Waals surface area contributed by atoms with Gasteiger partial charge in [-0.05, 0) is 49.1 Å². The summed E-state index contributed by atoms with van der Waals surface area (Å²) >= 11 is 3.25. The van der Waals surface area contributed by atoms with Gasteiger partial charge in [0.2, 0.25) is 0 Å². The van der Waals surface area contributed by atoms with E-state index in [0.717, 1.165) is 59.5 Å². The highest BCUT2D eigenvalue weighted by Crippen LogP contribution is 2.30. The number of para-hydroxylation sites is 1. The Kier molecular flexibility index (Phi) is 6.82. The number of hydrogen-bond donors (Lipinski definition) is 0. The smallest absolute Gasteiger partial charge is 0.260 e. The third kappa shape index (κ3) is 4.98. The van der Waals surface area contributed by atoms with Crippen LogP contribution in [0.1, 0.15) is 16.8 Å². The number of aromatic nitrogens is 1. The van der Waals surface area contributed by atoms with E-state index in [-0.39, 0.29) is 5.91 Å². The Balaban J connectivity index is 1.54. The molecule has 1 aliphatic rings. The maximum absolute atomic E-state index is 13.4. The summed E-state index contributed by atoms with van der Waals surface area (Å²) in [7, 11) is 0. The van der Waals surface area contributed by atoms with Crippen LogP contribution in [0.2, 0.25) is 0 Å². The number of rotatable bonds is 7. The van der Waals surface area contributed by atoms with Gasteiger partial charge in [0.1, 0.15) is 0 Å². The molecule has 0 aliphatic carbocycles. The highest BCUT2D eigenvalue weighted by atomic mass is 32.2. The van der Waals surface area contributed by atoms with E-state index in [9.17, 15) is 4.79 Å². The highest BCUT2D eigenvalue weighted by molar-refractivity contribution is 7.98. The maximum Gasteiger partial charge on any atom is 0.260 e. The molecule has 0 spiro atoms. The molecule has 1 fully saturated rings. The van der Waals surface area contributed by atoms with Gasteiger partial charge in [-0.1, -0.05) is 23.5 Å². The monoisotopic (exact) mass is 427 g/mol. The number of thiazole rings is 1. The maximum atomic E-state index is 13.4. The van der Waals surface area contributed by atoms with Crippen molar-refractivity contribution in [2.24, 2.45) is 0 Å². The lowest BCUT2D eigenvalue weighted by Gasteiger charge is -2.27. The van der Waals surface area contributed by atoms with E-state index >= 15 is 0 Å². The van der Waals surface area contributed by atoms with Crippen molar-refractivity contribution < 1.29 is 9.53 Å². The van der Waals surface area contributed by atoms with Crippen molar-refractivity contribution in [2.45, 2.75) is 11.3 Å². The molecule has 29 heavy (non-hydrogen) atoms. The van der Waals surface area contributed by atoms with Crippen LogP contribution in [0.3, 0.4) is 0 Å². The van der Waals surface area contributed by atoms with Crippen LogP contribution in [0.25, 0.3) is 10.2 Å². The fraction of sp³-hybridized carbons (Fsp3) is 0.364. The van der Waals surface area contributed by atoms with Crippen molar-refractivity contribution in [1.82, 2.24) is 9.88 Å². The zero-order chi connectivity index (χ0) is 20.1. The van der Waals surface area contributed by atoms with E-state index in [1.807, 2.05) is 53.6 Å². The second-order valence-corrected chi connectivity index (χ2v) is 8.85. The largest absolute Gasteiger partial charge is 0.379 e. The molecule has 0 radical (unpaired) electrons. The van der Waals surface area contributed by atoms with E-state index in [2.05, 4.69) is 11.0 Å². The first-order chi connectivity index (χ1) is 14.2. The van der Waals surface area contributed by atoms with Crippen molar-refractivity contribution in [3.63, 3.8) is 0 Å². The normalized spacial score (nSPS) is 14.9. The van der Waals surface area contributed by atoms with Gasteiger partial charge in [-0.2, -0.15) is 0 Å². The van der Waals surface area contributed by atoms with E-state index in [0.29, 0.717) is 12.1 Å². The van der Waals surface area contributed by atoms with Crippen LogP contribution in [0.5, 0.6) is 0 Å². The van der Waals surface area contributed by atoms with Gasteiger partial charge in [-0.15, -0.1) is 11.8 Å². The number of amides is 1. The summed E-state index contributed by atoms with van der Waals surface area (Å²) in [6.45, 7) is 5.13. The first-order valence-corrected chi connectivity index (χ1v) is 11.9. The van der Waals surface area contributed by atoms with Crippen molar-refractivity contribution in [3.8, 4) is 0 Å². The number of carbonyl (C=O) groups is 1. The first kappa shape index (κ1) is 20.3. The minimum absolute atomic E-state index is 0.0127. The number of carbonyl (C=O) groups excluding carboxylic acids is 1. The Labute approximate surface area is 179 Å². The van der Waals surface area contributed by atoms with E-state index < -0.39 is 0 Å². The Morgan fingerprint density at radius 3 is 2.66 bits per heavy atom. The molecule has 1 aliphatic heterocycles. The molecule has 1 aromatic heterocycles. The Morgan fingerprint density at radius 1 is 1.17 bits per heavy atom. The zero-order valence-corrected chi connectivity index (χ0v) is 18.2. The number of thioether (sulfide) groups is 1. The molecule has 0 N–H and O–H groups in total. The Bertz CT molecular complexity index is 919. The molecule has 1 amide bonds. The molecule has 4 rings (SSSR count). The minimum atomic E-state index is 0.0127. The van der Waals surface area contributed by atoms with Gasteiger partial charge in [0.25, 0.3) is 5.91 Å². The average Bonchev–Trinajstić information content (AvgIpc) is 3.21.